The van der Waals surface area contributed by atoms with Crippen LogP contribution in [0.25, 0.3) is 10.9 Å². The van der Waals surface area contributed by atoms with Crippen LogP contribution < -0.4 is 21.7 Å². The van der Waals surface area contributed by atoms with Gasteiger partial charge < -0.3 is 21.8 Å². The van der Waals surface area contributed by atoms with E-state index in [1.165, 1.54) is 4.90 Å². The molecular formula is C26H28N6O3S. The lowest BCUT2D eigenvalue weighted by Gasteiger charge is -2.31. The largest absolute Gasteiger partial charge is 0.395 e. The van der Waals surface area contributed by atoms with Crippen LogP contribution in [0.2, 0.25) is 0 Å². The predicted molar refractivity (Wildman–Crippen MR) is 142 cm³/mol. The number of nitrogens with zero attached hydrogens (tertiary/aromatic N) is 2. The highest BCUT2D eigenvalue weighted by Crippen LogP contribution is 2.35. The standard InChI is InChI=1S/C26H28N6O3S/c1-15(2)12-13-29-25(34)22(18-14-30-19-11-7-6-10-17(18)19)32(16-8-4-3-5-9-16)26(35)23-20(27)21(24(28)33)31-36-23/h3-11,14-15,22,30H,12-13,27H2,1-2H3,(H2,28,33)(H,29,34). The average Bonchev–Trinajstić information content (AvgIpc) is 3.46. The number of H-pyrrole nitrogens is 1. The van der Waals surface area contributed by atoms with Crippen molar-refractivity contribution in [2.75, 3.05) is 17.2 Å². The van der Waals surface area contributed by atoms with E-state index >= 15 is 0 Å². The molecule has 1 atom stereocenters. The zero-order valence-corrected chi connectivity index (χ0v) is 20.8. The first-order chi connectivity index (χ1) is 17.3. The zero-order valence-electron chi connectivity index (χ0n) is 20.0. The van der Waals surface area contributed by atoms with E-state index < -0.39 is 17.9 Å². The van der Waals surface area contributed by atoms with E-state index in [2.05, 4.69) is 28.5 Å². The highest BCUT2D eigenvalue weighted by atomic mass is 32.1. The average molecular weight is 505 g/mol. The van der Waals surface area contributed by atoms with Gasteiger partial charge in [0.15, 0.2) is 5.69 Å². The number of primary amides is 1. The van der Waals surface area contributed by atoms with Gasteiger partial charge in [-0.3, -0.25) is 19.3 Å². The number of para-hydroxylation sites is 2. The van der Waals surface area contributed by atoms with E-state index in [1.807, 2.05) is 30.3 Å². The number of rotatable bonds is 9. The molecule has 186 valence electrons. The summed E-state index contributed by atoms with van der Waals surface area (Å²) in [6.07, 6.45) is 2.53. The van der Waals surface area contributed by atoms with Crippen LogP contribution in [0, 0.1) is 5.92 Å². The van der Waals surface area contributed by atoms with Gasteiger partial charge in [0.2, 0.25) is 5.91 Å². The number of benzene rings is 2. The van der Waals surface area contributed by atoms with Crippen LogP contribution in [0.5, 0.6) is 0 Å². The second-order valence-corrected chi connectivity index (χ2v) is 9.59. The van der Waals surface area contributed by atoms with Crippen molar-refractivity contribution in [3.63, 3.8) is 0 Å². The number of nitrogens with two attached hydrogens (primary N) is 2. The van der Waals surface area contributed by atoms with E-state index in [-0.39, 0.29) is 22.2 Å². The summed E-state index contributed by atoms with van der Waals surface area (Å²) >= 11 is 0.781. The molecule has 9 nitrogen and oxygen atoms in total. The second kappa shape index (κ2) is 10.6. The minimum atomic E-state index is -1.03. The number of aromatic amines is 1. The topological polar surface area (TPSA) is 147 Å². The molecular weight excluding hydrogens is 476 g/mol. The monoisotopic (exact) mass is 504 g/mol. The predicted octanol–water partition coefficient (Wildman–Crippen LogP) is 3.86. The third kappa shape index (κ3) is 4.94. The molecule has 10 heteroatoms. The van der Waals surface area contributed by atoms with Gasteiger partial charge in [0, 0.05) is 34.9 Å². The molecule has 0 aliphatic heterocycles. The first-order valence-corrected chi connectivity index (χ1v) is 12.3. The molecule has 0 bridgehead atoms. The van der Waals surface area contributed by atoms with Gasteiger partial charge in [-0.15, -0.1) is 0 Å². The number of aromatic nitrogens is 2. The van der Waals surface area contributed by atoms with Gasteiger partial charge in [-0.1, -0.05) is 50.2 Å². The molecule has 0 aliphatic carbocycles. The van der Waals surface area contributed by atoms with Crippen molar-refractivity contribution in [1.82, 2.24) is 14.7 Å². The van der Waals surface area contributed by atoms with E-state index in [9.17, 15) is 14.4 Å². The highest BCUT2D eigenvalue weighted by molar-refractivity contribution is 7.09. The molecule has 0 spiro atoms. The summed E-state index contributed by atoms with van der Waals surface area (Å²) < 4.78 is 3.99. The summed E-state index contributed by atoms with van der Waals surface area (Å²) in [5.41, 5.74) is 13.2. The van der Waals surface area contributed by atoms with Gasteiger partial charge in [-0.2, -0.15) is 4.37 Å². The van der Waals surface area contributed by atoms with Crippen molar-refractivity contribution >= 4 is 51.5 Å². The summed E-state index contributed by atoms with van der Waals surface area (Å²) in [5, 5.41) is 3.81. The summed E-state index contributed by atoms with van der Waals surface area (Å²) in [6.45, 7) is 4.61. The lowest BCUT2D eigenvalue weighted by molar-refractivity contribution is -0.122. The maximum absolute atomic E-state index is 14.0. The van der Waals surface area contributed by atoms with E-state index in [1.54, 1.807) is 30.5 Å². The Morgan fingerprint density at radius 2 is 1.78 bits per heavy atom. The van der Waals surface area contributed by atoms with Crippen molar-refractivity contribution in [1.29, 1.82) is 0 Å². The molecule has 1 unspecified atom stereocenters. The van der Waals surface area contributed by atoms with Crippen LogP contribution in [-0.2, 0) is 4.79 Å². The van der Waals surface area contributed by atoms with Gasteiger partial charge in [-0.05, 0) is 42.1 Å². The lowest BCUT2D eigenvalue weighted by atomic mass is 10.0. The fraction of sp³-hybridized carbons (Fsp3) is 0.231. The van der Waals surface area contributed by atoms with Crippen LogP contribution >= 0.6 is 11.5 Å². The van der Waals surface area contributed by atoms with Crippen LogP contribution in [0.1, 0.15) is 52.0 Å². The second-order valence-electron chi connectivity index (χ2n) is 8.81. The number of fused-ring (bicyclic) bond motifs is 1. The van der Waals surface area contributed by atoms with Crippen molar-refractivity contribution in [3.05, 3.63) is 76.9 Å². The molecule has 3 amide bonds. The molecule has 0 saturated heterocycles. The fourth-order valence-electron chi connectivity index (χ4n) is 4.01. The number of carbonyl (C=O) groups excluding carboxylic acids is 3. The SMILES string of the molecule is CC(C)CCNC(=O)C(c1c[nH]c2ccccc12)N(C(=O)c1snc(C(N)=O)c1N)c1ccccc1. The summed E-state index contributed by atoms with van der Waals surface area (Å²) in [7, 11) is 0. The number of nitrogen functional groups attached to an aromatic ring is 1. The van der Waals surface area contributed by atoms with Crippen molar-refractivity contribution < 1.29 is 14.4 Å². The Hall–Kier alpha value is -4.18. The Balaban J connectivity index is 1.87. The van der Waals surface area contributed by atoms with Gasteiger partial charge in [0.05, 0.1) is 5.69 Å². The Morgan fingerprint density at radius 3 is 2.44 bits per heavy atom. The molecule has 2 aromatic heterocycles. The molecule has 4 aromatic rings. The smallest absolute Gasteiger partial charge is 0.273 e. The third-order valence-electron chi connectivity index (χ3n) is 5.85. The minimum absolute atomic E-state index is 0.0347. The van der Waals surface area contributed by atoms with Crippen LogP contribution in [0.4, 0.5) is 11.4 Å². The van der Waals surface area contributed by atoms with Crippen molar-refractivity contribution in [2.45, 2.75) is 26.3 Å². The van der Waals surface area contributed by atoms with Gasteiger partial charge in [-0.25, -0.2) is 0 Å². The van der Waals surface area contributed by atoms with Gasteiger partial charge in [0.25, 0.3) is 11.8 Å². The Labute approximate surface area is 212 Å². The molecule has 0 fully saturated rings. The van der Waals surface area contributed by atoms with Crippen molar-refractivity contribution in [2.24, 2.45) is 11.7 Å². The molecule has 2 aromatic carbocycles. The molecule has 2 heterocycles. The Kier molecular flexibility index (Phi) is 7.35. The Bertz CT molecular complexity index is 1400. The lowest BCUT2D eigenvalue weighted by Crippen LogP contribution is -2.44. The Morgan fingerprint density at radius 1 is 1.08 bits per heavy atom. The van der Waals surface area contributed by atoms with E-state index in [4.69, 9.17) is 11.5 Å². The number of hydrogen-bond donors (Lipinski definition) is 4. The maximum Gasteiger partial charge on any atom is 0.273 e. The molecule has 6 N–H and O–H groups in total. The number of nitrogens with one attached hydrogen (secondary N) is 2. The van der Waals surface area contributed by atoms with E-state index in [0.29, 0.717) is 23.7 Å². The van der Waals surface area contributed by atoms with Crippen LogP contribution in [0.3, 0.4) is 0 Å². The third-order valence-corrected chi connectivity index (χ3v) is 6.70. The zero-order chi connectivity index (χ0) is 25.8. The van der Waals surface area contributed by atoms with Crippen LogP contribution in [0.15, 0.2) is 60.8 Å². The molecule has 36 heavy (non-hydrogen) atoms. The minimum Gasteiger partial charge on any atom is -0.395 e. The number of carbonyl (C=O) groups is 3. The van der Waals surface area contributed by atoms with Gasteiger partial charge in [0.1, 0.15) is 10.9 Å². The molecule has 0 radical (unpaired) electrons. The molecule has 0 saturated carbocycles. The van der Waals surface area contributed by atoms with Crippen LogP contribution in [-0.4, -0.2) is 33.6 Å². The van der Waals surface area contributed by atoms with Gasteiger partial charge >= 0.3 is 0 Å². The summed E-state index contributed by atoms with van der Waals surface area (Å²) in [4.78, 5) is 44.2. The first kappa shape index (κ1) is 24.9. The fourth-order valence-corrected chi connectivity index (χ4v) is 4.75. The number of anilines is 2. The summed E-state index contributed by atoms with van der Waals surface area (Å²) in [5.74, 6) is -1.32. The maximum atomic E-state index is 14.0. The molecule has 4 rings (SSSR count). The number of hydrogen-bond acceptors (Lipinski definition) is 6. The first-order valence-electron chi connectivity index (χ1n) is 11.6. The highest BCUT2D eigenvalue weighted by Gasteiger charge is 2.37. The molecule has 0 aliphatic rings. The normalized spacial score (nSPS) is 12.0. The quantitative estimate of drug-likeness (QED) is 0.273. The summed E-state index contributed by atoms with van der Waals surface area (Å²) in [6, 6.07) is 15.4. The number of amides is 3. The van der Waals surface area contributed by atoms with Crippen molar-refractivity contribution in [3.8, 4) is 0 Å². The van der Waals surface area contributed by atoms with E-state index in [0.717, 1.165) is 28.9 Å².